The first kappa shape index (κ1) is 13.8. The fourth-order valence-corrected chi connectivity index (χ4v) is 1.95. The zero-order valence-electron chi connectivity index (χ0n) is 9.90. The average molecular weight is 296 g/mol. The third kappa shape index (κ3) is 3.22. The molecule has 0 radical (unpaired) electrons. The second kappa shape index (κ2) is 5.99. The van der Waals surface area contributed by atoms with E-state index in [0.29, 0.717) is 16.3 Å². The Kier molecular flexibility index (Phi) is 4.35. The van der Waals surface area contributed by atoms with E-state index in [0.717, 1.165) is 0 Å². The summed E-state index contributed by atoms with van der Waals surface area (Å²) in [7, 11) is 0. The van der Waals surface area contributed by atoms with E-state index in [1.54, 1.807) is 36.4 Å². The van der Waals surface area contributed by atoms with Gasteiger partial charge < -0.3 is 10.5 Å². The minimum Gasteiger partial charge on any atom is -0.487 e. The van der Waals surface area contributed by atoms with E-state index in [1.807, 2.05) is 0 Å². The number of thiocarbonyl (C=S) groups is 1. The standard InChI is InChI=1S/C14H11ClFNOS/c15-11-6-1-2-7-12(11)18-8-9-4-3-5-10(13(9)16)14(17)19/h1-7H,8H2,(H2,17,19). The lowest BCUT2D eigenvalue weighted by Crippen LogP contribution is -2.13. The maximum absolute atomic E-state index is 14.0. The second-order valence-electron chi connectivity index (χ2n) is 3.86. The highest BCUT2D eigenvalue weighted by molar-refractivity contribution is 7.80. The third-order valence-corrected chi connectivity index (χ3v) is 3.10. The van der Waals surface area contributed by atoms with E-state index < -0.39 is 5.82 Å². The molecule has 0 heterocycles. The summed E-state index contributed by atoms with van der Waals surface area (Å²) in [6, 6.07) is 11.9. The van der Waals surface area contributed by atoms with Crippen molar-refractivity contribution >= 4 is 28.8 Å². The fraction of sp³-hybridized carbons (Fsp3) is 0.0714. The highest BCUT2D eigenvalue weighted by Crippen LogP contribution is 2.24. The van der Waals surface area contributed by atoms with Gasteiger partial charge in [-0.05, 0) is 18.2 Å². The smallest absolute Gasteiger partial charge is 0.139 e. The lowest BCUT2D eigenvalue weighted by Gasteiger charge is -2.10. The molecule has 0 atom stereocenters. The highest BCUT2D eigenvalue weighted by atomic mass is 35.5. The predicted octanol–water partition coefficient (Wildman–Crippen LogP) is 3.69. The number of benzene rings is 2. The van der Waals surface area contributed by atoms with Gasteiger partial charge in [0.25, 0.3) is 0 Å². The molecule has 2 N–H and O–H groups in total. The van der Waals surface area contributed by atoms with Crippen LogP contribution < -0.4 is 10.5 Å². The molecule has 2 aromatic rings. The van der Waals surface area contributed by atoms with Crippen LogP contribution in [-0.2, 0) is 6.61 Å². The molecule has 0 spiro atoms. The van der Waals surface area contributed by atoms with Crippen LogP contribution in [0.25, 0.3) is 0 Å². The number of ether oxygens (including phenoxy) is 1. The Morgan fingerprint density at radius 1 is 1.21 bits per heavy atom. The number of hydrogen-bond acceptors (Lipinski definition) is 2. The molecule has 98 valence electrons. The molecule has 5 heteroatoms. The van der Waals surface area contributed by atoms with Gasteiger partial charge >= 0.3 is 0 Å². The lowest BCUT2D eigenvalue weighted by molar-refractivity contribution is 0.300. The van der Waals surface area contributed by atoms with Gasteiger partial charge in [-0.1, -0.05) is 48.1 Å². The Morgan fingerprint density at radius 2 is 1.95 bits per heavy atom. The molecule has 0 aliphatic heterocycles. The Bertz CT molecular complexity index is 618. The first-order valence-corrected chi connectivity index (χ1v) is 6.32. The van der Waals surface area contributed by atoms with Crippen LogP contribution in [0.3, 0.4) is 0 Å². The molecule has 19 heavy (non-hydrogen) atoms. The van der Waals surface area contributed by atoms with Gasteiger partial charge in [0.15, 0.2) is 0 Å². The van der Waals surface area contributed by atoms with Gasteiger partial charge in [-0.15, -0.1) is 0 Å². The van der Waals surface area contributed by atoms with E-state index in [1.165, 1.54) is 6.07 Å². The third-order valence-electron chi connectivity index (χ3n) is 2.56. The maximum atomic E-state index is 14.0. The van der Waals surface area contributed by atoms with Crippen LogP contribution in [0, 0.1) is 5.82 Å². The molecule has 0 saturated carbocycles. The zero-order chi connectivity index (χ0) is 13.8. The molecule has 0 saturated heterocycles. The summed E-state index contributed by atoms with van der Waals surface area (Å²) in [6.45, 7) is 0.0615. The van der Waals surface area contributed by atoms with Crippen LogP contribution in [0.1, 0.15) is 11.1 Å². The van der Waals surface area contributed by atoms with Crippen molar-refractivity contribution in [3.63, 3.8) is 0 Å². The molecule has 2 aromatic carbocycles. The van der Waals surface area contributed by atoms with Crippen LogP contribution in [-0.4, -0.2) is 4.99 Å². The molecule has 0 aliphatic carbocycles. The Labute approximate surface area is 120 Å². The van der Waals surface area contributed by atoms with E-state index in [9.17, 15) is 4.39 Å². The van der Waals surface area contributed by atoms with Crippen molar-refractivity contribution in [1.82, 2.24) is 0 Å². The molecule has 2 rings (SSSR count). The van der Waals surface area contributed by atoms with Gasteiger partial charge in [0.1, 0.15) is 23.2 Å². The van der Waals surface area contributed by atoms with E-state index >= 15 is 0 Å². The van der Waals surface area contributed by atoms with Crippen molar-refractivity contribution in [3.05, 3.63) is 64.4 Å². The molecule has 0 fully saturated rings. The average Bonchev–Trinajstić information content (AvgIpc) is 2.39. The van der Waals surface area contributed by atoms with Gasteiger partial charge in [-0.2, -0.15) is 0 Å². The summed E-state index contributed by atoms with van der Waals surface area (Å²) in [6.07, 6.45) is 0. The summed E-state index contributed by atoms with van der Waals surface area (Å²) in [5, 5.41) is 0.480. The quantitative estimate of drug-likeness (QED) is 0.874. The summed E-state index contributed by atoms with van der Waals surface area (Å²) in [4.78, 5) is 0.0251. The molecule has 0 aliphatic rings. The summed E-state index contributed by atoms with van der Waals surface area (Å²) < 4.78 is 19.5. The predicted molar refractivity (Wildman–Crippen MR) is 78.1 cm³/mol. The van der Waals surface area contributed by atoms with E-state index in [2.05, 4.69) is 0 Å². The topological polar surface area (TPSA) is 35.2 Å². The fourth-order valence-electron chi connectivity index (χ4n) is 1.60. The second-order valence-corrected chi connectivity index (χ2v) is 4.71. The van der Waals surface area contributed by atoms with Crippen LogP contribution >= 0.6 is 23.8 Å². The Morgan fingerprint density at radius 3 is 2.63 bits per heavy atom. The normalized spacial score (nSPS) is 10.2. The van der Waals surface area contributed by atoms with Crippen LogP contribution in [0.15, 0.2) is 42.5 Å². The lowest BCUT2D eigenvalue weighted by atomic mass is 10.1. The van der Waals surface area contributed by atoms with Crippen molar-refractivity contribution in [1.29, 1.82) is 0 Å². The summed E-state index contributed by atoms with van der Waals surface area (Å²) in [5.41, 5.74) is 6.04. The zero-order valence-corrected chi connectivity index (χ0v) is 11.5. The van der Waals surface area contributed by atoms with E-state index in [-0.39, 0.29) is 17.2 Å². The highest BCUT2D eigenvalue weighted by Gasteiger charge is 2.11. The maximum Gasteiger partial charge on any atom is 0.139 e. The van der Waals surface area contributed by atoms with Crippen molar-refractivity contribution in [2.75, 3.05) is 0 Å². The monoisotopic (exact) mass is 295 g/mol. The molecule has 0 aromatic heterocycles. The molecule has 0 amide bonds. The summed E-state index contributed by atoms with van der Waals surface area (Å²) in [5.74, 6) is 0.0475. The van der Waals surface area contributed by atoms with Crippen molar-refractivity contribution in [2.24, 2.45) is 5.73 Å². The number of rotatable bonds is 4. The molecular formula is C14H11ClFNOS. The van der Waals surface area contributed by atoms with Crippen molar-refractivity contribution in [3.8, 4) is 5.75 Å². The van der Waals surface area contributed by atoms with Gasteiger partial charge in [0.2, 0.25) is 0 Å². The van der Waals surface area contributed by atoms with Crippen molar-refractivity contribution in [2.45, 2.75) is 6.61 Å². The first-order valence-electron chi connectivity index (χ1n) is 5.54. The summed E-state index contributed by atoms with van der Waals surface area (Å²) >= 11 is 10.7. The van der Waals surface area contributed by atoms with Gasteiger partial charge in [0, 0.05) is 11.1 Å². The first-order chi connectivity index (χ1) is 9.09. The van der Waals surface area contributed by atoms with Crippen molar-refractivity contribution < 1.29 is 9.13 Å². The SMILES string of the molecule is NC(=S)c1cccc(COc2ccccc2Cl)c1F. The molecular weight excluding hydrogens is 285 g/mol. The van der Waals surface area contributed by atoms with Crippen LogP contribution in [0.2, 0.25) is 5.02 Å². The number of halogens is 2. The number of para-hydroxylation sites is 1. The largest absolute Gasteiger partial charge is 0.487 e. The van der Waals surface area contributed by atoms with Crippen LogP contribution in [0.5, 0.6) is 5.75 Å². The number of hydrogen-bond donors (Lipinski definition) is 1. The molecule has 2 nitrogen and oxygen atoms in total. The van der Waals surface area contributed by atoms with E-state index in [4.69, 9.17) is 34.3 Å². The minimum absolute atomic E-state index is 0.0251. The Hall–Kier alpha value is -1.65. The van der Waals surface area contributed by atoms with Crippen LogP contribution in [0.4, 0.5) is 4.39 Å². The number of nitrogens with two attached hydrogens (primary N) is 1. The molecule has 0 unspecified atom stereocenters. The minimum atomic E-state index is -0.456. The molecule has 0 bridgehead atoms. The Balaban J connectivity index is 2.19. The van der Waals surface area contributed by atoms with Gasteiger partial charge in [-0.3, -0.25) is 0 Å². The van der Waals surface area contributed by atoms with Gasteiger partial charge in [0.05, 0.1) is 5.02 Å². The van der Waals surface area contributed by atoms with Gasteiger partial charge in [-0.25, -0.2) is 4.39 Å².